The molecule has 0 saturated carbocycles. The number of rotatable bonds is 0. The van der Waals surface area contributed by atoms with Crippen molar-refractivity contribution < 1.29 is 0 Å². The number of benzene rings is 1. The van der Waals surface area contributed by atoms with E-state index in [1.807, 2.05) is 19.1 Å². The molecular formula is C13H13N. The summed E-state index contributed by atoms with van der Waals surface area (Å²) in [5.41, 5.74) is 4.42. The van der Waals surface area contributed by atoms with Gasteiger partial charge >= 0.3 is 0 Å². The molecule has 0 spiro atoms. The quantitative estimate of drug-likeness (QED) is 0.605. The van der Waals surface area contributed by atoms with E-state index >= 15 is 0 Å². The van der Waals surface area contributed by atoms with Crippen molar-refractivity contribution in [3.05, 3.63) is 41.0 Å². The molecule has 1 aromatic rings. The zero-order valence-corrected chi connectivity index (χ0v) is 8.76. The van der Waals surface area contributed by atoms with Gasteiger partial charge in [-0.25, -0.2) is 0 Å². The molecule has 2 rings (SSSR count). The van der Waals surface area contributed by atoms with Crippen molar-refractivity contribution in [2.75, 3.05) is 0 Å². The lowest BCUT2D eigenvalue weighted by atomic mass is 9.82. The van der Waals surface area contributed by atoms with Gasteiger partial charge in [0.05, 0.1) is 6.07 Å². The molecule has 0 amide bonds. The SMILES string of the molecule is CC1=C(C#N)C(C)(C)c2ccccc21. The van der Waals surface area contributed by atoms with Gasteiger partial charge in [0.2, 0.25) is 0 Å². The number of nitrogens with zero attached hydrogens (tertiary/aromatic N) is 1. The Morgan fingerprint density at radius 1 is 1.21 bits per heavy atom. The van der Waals surface area contributed by atoms with Gasteiger partial charge in [0.1, 0.15) is 0 Å². The molecule has 0 N–H and O–H groups in total. The molecule has 0 atom stereocenters. The van der Waals surface area contributed by atoms with Crippen molar-refractivity contribution in [1.82, 2.24) is 0 Å². The van der Waals surface area contributed by atoms with Gasteiger partial charge in [-0.1, -0.05) is 38.1 Å². The molecule has 0 bridgehead atoms. The van der Waals surface area contributed by atoms with Crippen LogP contribution < -0.4 is 0 Å². The van der Waals surface area contributed by atoms with Gasteiger partial charge in [-0.3, -0.25) is 0 Å². The first kappa shape index (κ1) is 9.02. The van der Waals surface area contributed by atoms with Crippen molar-refractivity contribution >= 4 is 5.57 Å². The molecule has 1 nitrogen and oxygen atoms in total. The van der Waals surface area contributed by atoms with Crippen LogP contribution in [0.25, 0.3) is 5.57 Å². The van der Waals surface area contributed by atoms with Crippen molar-refractivity contribution in [2.45, 2.75) is 26.2 Å². The topological polar surface area (TPSA) is 23.8 Å². The summed E-state index contributed by atoms with van der Waals surface area (Å²) in [4.78, 5) is 0. The van der Waals surface area contributed by atoms with Gasteiger partial charge in [0.15, 0.2) is 0 Å². The van der Waals surface area contributed by atoms with Crippen LogP contribution in [0.1, 0.15) is 31.9 Å². The Kier molecular flexibility index (Phi) is 1.75. The third-order valence-corrected chi connectivity index (χ3v) is 3.12. The van der Waals surface area contributed by atoms with Gasteiger partial charge < -0.3 is 0 Å². The molecule has 0 aliphatic heterocycles. The van der Waals surface area contributed by atoms with Crippen LogP contribution in [0.2, 0.25) is 0 Å². The highest BCUT2D eigenvalue weighted by Crippen LogP contribution is 2.45. The van der Waals surface area contributed by atoms with Crippen LogP contribution in [-0.4, -0.2) is 0 Å². The second kappa shape index (κ2) is 2.72. The average molecular weight is 183 g/mol. The molecule has 1 aromatic carbocycles. The normalized spacial score (nSPS) is 17.9. The van der Waals surface area contributed by atoms with E-state index in [0.29, 0.717) is 0 Å². The van der Waals surface area contributed by atoms with Gasteiger partial charge in [-0.15, -0.1) is 0 Å². The summed E-state index contributed by atoms with van der Waals surface area (Å²) in [6, 6.07) is 10.6. The third kappa shape index (κ3) is 0.943. The molecule has 0 fully saturated rings. The molecule has 0 saturated heterocycles. The first-order chi connectivity index (χ1) is 6.59. The smallest absolute Gasteiger partial charge is 0.0959 e. The Hall–Kier alpha value is -1.55. The fraction of sp³-hybridized carbons (Fsp3) is 0.308. The van der Waals surface area contributed by atoms with E-state index in [2.05, 4.69) is 32.0 Å². The Labute approximate surface area is 84.7 Å². The Balaban J connectivity index is 2.76. The monoisotopic (exact) mass is 183 g/mol. The molecule has 1 heteroatoms. The predicted octanol–water partition coefficient (Wildman–Crippen LogP) is 3.27. The standard InChI is InChI=1S/C13H13N/c1-9-10-6-4-5-7-11(10)13(2,3)12(9)8-14/h4-7H,1-3H3. The third-order valence-electron chi connectivity index (χ3n) is 3.12. The Bertz CT molecular complexity index is 458. The van der Waals surface area contributed by atoms with E-state index < -0.39 is 0 Å². The summed E-state index contributed by atoms with van der Waals surface area (Å²) in [6.45, 7) is 6.26. The van der Waals surface area contributed by atoms with Crippen molar-refractivity contribution in [2.24, 2.45) is 0 Å². The van der Waals surface area contributed by atoms with E-state index in [0.717, 1.165) is 11.1 Å². The number of hydrogen-bond acceptors (Lipinski definition) is 1. The maximum absolute atomic E-state index is 9.14. The zero-order valence-electron chi connectivity index (χ0n) is 8.76. The van der Waals surface area contributed by atoms with E-state index in [1.54, 1.807) is 0 Å². The van der Waals surface area contributed by atoms with E-state index in [4.69, 9.17) is 5.26 Å². The maximum atomic E-state index is 9.14. The summed E-state index contributed by atoms with van der Waals surface area (Å²) in [6.07, 6.45) is 0. The van der Waals surface area contributed by atoms with Crippen molar-refractivity contribution in [3.63, 3.8) is 0 Å². The summed E-state index contributed by atoms with van der Waals surface area (Å²) in [7, 11) is 0. The summed E-state index contributed by atoms with van der Waals surface area (Å²) >= 11 is 0. The lowest BCUT2D eigenvalue weighted by Gasteiger charge is -2.19. The molecule has 0 unspecified atom stereocenters. The fourth-order valence-electron chi connectivity index (χ4n) is 2.32. The average Bonchev–Trinajstić information content (AvgIpc) is 2.36. The van der Waals surface area contributed by atoms with E-state index in [9.17, 15) is 0 Å². The maximum Gasteiger partial charge on any atom is 0.0959 e. The first-order valence-corrected chi connectivity index (χ1v) is 4.80. The highest BCUT2D eigenvalue weighted by atomic mass is 14.4. The van der Waals surface area contributed by atoms with Gasteiger partial charge in [-0.05, 0) is 23.6 Å². The van der Waals surface area contributed by atoms with E-state index in [1.165, 1.54) is 11.1 Å². The van der Waals surface area contributed by atoms with Gasteiger partial charge in [-0.2, -0.15) is 5.26 Å². The molecule has 14 heavy (non-hydrogen) atoms. The summed E-state index contributed by atoms with van der Waals surface area (Å²) < 4.78 is 0. The molecule has 70 valence electrons. The van der Waals surface area contributed by atoms with Crippen LogP contribution in [0, 0.1) is 11.3 Å². The van der Waals surface area contributed by atoms with Crippen LogP contribution >= 0.6 is 0 Å². The minimum absolute atomic E-state index is 0.116. The minimum Gasteiger partial charge on any atom is -0.193 e. The Morgan fingerprint density at radius 2 is 1.86 bits per heavy atom. The highest BCUT2D eigenvalue weighted by Gasteiger charge is 2.35. The van der Waals surface area contributed by atoms with Crippen LogP contribution in [-0.2, 0) is 5.41 Å². The predicted molar refractivity (Wildman–Crippen MR) is 57.7 cm³/mol. The lowest BCUT2D eigenvalue weighted by Crippen LogP contribution is -2.16. The minimum atomic E-state index is -0.116. The summed E-state index contributed by atoms with van der Waals surface area (Å²) in [5, 5.41) is 9.14. The number of nitriles is 1. The lowest BCUT2D eigenvalue weighted by molar-refractivity contribution is 0.657. The van der Waals surface area contributed by atoms with Crippen molar-refractivity contribution in [3.8, 4) is 6.07 Å². The molecule has 1 aliphatic carbocycles. The number of fused-ring (bicyclic) bond motifs is 1. The van der Waals surface area contributed by atoms with Crippen LogP contribution in [0.15, 0.2) is 29.8 Å². The largest absolute Gasteiger partial charge is 0.193 e. The van der Waals surface area contributed by atoms with Gasteiger partial charge in [0.25, 0.3) is 0 Å². The summed E-state index contributed by atoms with van der Waals surface area (Å²) in [5.74, 6) is 0. The van der Waals surface area contributed by atoms with Crippen LogP contribution in [0.4, 0.5) is 0 Å². The Morgan fingerprint density at radius 3 is 2.43 bits per heavy atom. The molecular weight excluding hydrogens is 170 g/mol. The molecule has 0 heterocycles. The zero-order chi connectivity index (χ0) is 10.3. The number of hydrogen-bond donors (Lipinski definition) is 0. The van der Waals surface area contributed by atoms with E-state index in [-0.39, 0.29) is 5.41 Å². The highest BCUT2D eigenvalue weighted by molar-refractivity contribution is 5.81. The number of allylic oxidation sites excluding steroid dienone is 2. The molecule has 0 aromatic heterocycles. The second-order valence-corrected chi connectivity index (χ2v) is 4.28. The molecule has 0 radical (unpaired) electrons. The van der Waals surface area contributed by atoms with Crippen molar-refractivity contribution in [1.29, 1.82) is 5.26 Å². The van der Waals surface area contributed by atoms with Crippen LogP contribution in [0.5, 0.6) is 0 Å². The second-order valence-electron chi connectivity index (χ2n) is 4.28. The first-order valence-electron chi connectivity index (χ1n) is 4.80. The fourth-order valence-corrected chi connectivity index (χ4v) is 2.32. The molecule has 1 aliphatic rings. The van der Waals surface area contributed by atoms with Crippen LogP contribution in [0.3, 0.4) is 0 Å². The van der Waals surface area contributed by atoms with Gasteiger partial charge in [0, 0.05) is 11.0 Å².